The van der Waals surface area contributed by atoms with Crippen molar-refractivity contribution >= 4 is 45.0 Å². The average Bonchev–Trinajstić information content (AvgIpc) is 3.16. The molecule has 0 spiro atoms. The summed E-state index contributed by atoms with van der Waals surface area (Å²) >= 11 is 1.72. The van der Waals surface area contributed by atoms with Crippen molar-refractivity contribution in [3.8, 4) is 0 Å². The first-order chi connectivity index (χ1) is 13.3. The van der Waals surface area contributed by atoms with Gasteiger partial charge in [-0.25, -0.2) is 8.42 Å². The second-order valence-electron chi connectivity index (χ2n) is 6.43. The van der Waals surface area contributed by atoms with Gasteiger partial charge in [0.05, 0.1) is 0 Å². The fraction of sp³-hybridized carbons (Fsp3) is 0.333. The van der Waals surface area contributed by atoms with Crippen molar-refractivity contribution in [2.75, 3.05) is 35.2 Å². The number of hydrogen-bond donors (Lipinski definition) is 3. The Kier molecular flexibility index (Phi) is 6.11. The van der Waals surface area contributed by atoms with Gasteiger partial charge in [-0.05, 0) is 30.7 Å². The molecule has 3 N–H and O–H groups in total. The quantitative estimate of drug-likeness (QED) is 0.684. The number of carbonyl (C=O) groups excluding carboxylic acids is 2. The van der Waals surface area contributed by atoms with Gasteiger partial charge in [0.15, 0.2) is 0 Å². The minimum atomic E-state index is -3.61. The van der Waals surface area contributed by atoms with E-state index in [0.29, 0.717) is 24.5 Å². The summed E-state index contributed by atoms with van der Waals surface area (Å²) in [4.78, 5) is 26.6. The monoisotopic (exact) mass is 422 g/mol. The number of carbonyl (C=O) groups is 2. The summed E-state index contributed by atoms with van der Waals surface area (Å²) < 4.78 is 26.8. The standard InChI is InChI=1S/C18H22N4O4S2/c1-12-3-4-14(9-16(12)20-13(2)23)21-18(24)17-10-15(11-19-17)28(25,26)22-5-7-27-8-6-22/h3-4,9-11,19H,5-8H2,1-2H3,(H,20,23)(H,21,24). The first-order valence-corrected chi connectivity index (χ1v) is 11.3. The molecular formula is C18H22N4O4S2. The Hall–Kier alpha value is -2.30. The zero-order chi connectivity index (χ0) is 20.3. The summed E-state index contributed by atoms with van der Waals surface area (Å²) in [5.74, 6) is 0.859. The maximum absolute atomic E-state index is 12.7. The Morgan fingerprint density at radius 2 is 1.86 bits per heavy atom. The number of benzene rings is 1. The molecule has 0 aliphatic carbocycles. The Balaban J connectivity index is 1.75. The van der Waals surface area contributed by atoms with E-state index in [1.54, 1.807) is 30.0 Å². The molecule has 1 fully saturated rings. The van der Waals surface area contributed by atoms with Gasteiger partial charge in [-0.3, -0.25) is 9.59 Å². The van der Waals surface area contributed by atoms with Crippen molar-refractivity contribution in [1.82, 2.24) is 9.29 Å². The first-order valence-electron chi connectivity index (χ1n) is 8.73. The van der Waals surface area contributed by atoms with Gasteiger partial charge in [0.2, 0.25) is 15.9 Å². The molecule has 0 saturated carbocycles. The number of hydrogen-bond acceptors (Lipinski definition) is 5. The minimum absolute atomic E-state index is 0.0763. The van der Waals surface area contributed by atoms with E-state index in [1.165, 1.54) is 23.5 Å². The van der Waals surface area contributed by atoms with Crippen molar-refractivity contribution in [1.29, 1.82) is 0 Å². The molecule has 150 valence electrons. The zero-order valence-electron chi connectivity index (χ0n) is 15.6. The number of anilines is 2. The summed E-state index contributed by atoms with van der Waals surface area (Å²) in [6, 6.07) is 6.49. The highest BCUT2D eigenvalue weighted by molar-refractivity contribution is 7.99. The van der Waals surface area contributed by atoms with E-state index in [1.807, 2.05) is 6.92 Å². The van der Waals surface area contributed by atoms with Crippen LogP contribution in [0.1, 0.15) is 23.0 Å². The number of thioether (sulfide) groups is 1. The molecule has 0 bridgehead atoms. The fourth-order valence-corrected chi connectivity index (χ4v) is 5.38. The molecule has 1 aliphatic heterocycles. The van der Waals surface area contributed by atoms with Crippen LogP contribution < -0.4 is 10.6 Å². The van der Waals surface area contributed by atoms with Gasteiger partial charge in [0, 0.05) is 49.1 Å². The van der Waals surface area contributed by atoms with Crippen LogP contribution in [0.3, 0.4) is 0 Å². The van der Waals surface area contributed by atoms with Crippen LogP contribution in [0.5, 0.6) is 0 Å². The van der Waals surface area contributed by atoms with E-state index in [0.717, 1.165) is 17.1 Å². The zero-order valence-corrected chi connectivity index (χ0v) is 17.2. The van der Waals surface area contributed by atoms with Crippen LogP contribution in [0.25, 0.3) is 0 Å². The van der Waals surface area contributed by atoms with Crippen molar-refractivity contribution in [2.24, 2.45) is 0 Å². The van der Waals surface area contributed by atoms with Crippen molar-refractivity contribution in [3.05, 3.63) is 41.7 Å². The highest BCUT2D eigenvalue weighted by Crippen LogP contribution is 2.23. The molecule has 0 radical (unpaired) electrons. The molecule has 0 atom stereocenters. The number of rotatable bonds is 5. The fourth-order valence-electron chi connectivity index (χ4n) is 2.81. The topological polar surface area (TPSA) is 111 Å². The Labute approximate surface area is 168 Å². The summed E-state index contributed by atoms with van der Waals surface area (Å²) in [7, 11) is -3.61. The molecule has 1 aromatic heterocycles. The van der Waals surface area contributed by atoms with Crippen LogP contribution >= 0.6 is 11.8 Å². The van der Waals surface area contributed by atoms with E-state index < -0.39 is 15.9 Å². The lowest BCUT2D eigenvalue weighted by Crippen LogP contribution is -2.37. The van der Waals surface area contributed by atoms with Crippen LogP contribution in [-0.4, -0.2) is 54.1 Å². The van der Waals surface area contributed by atoms with Crippen LogP contribution in [0, 0.1) is 6.92 Å². The van der Waals surface area contributed by atoms with Gasteiger partial charge in [0.25, 0.3) is 5.91 Å². The van der Waals surface area contributed by atoms with Gasteiger partial charge < -0.3 is 15.6 Å². The summed E-state index contributed by atoms with van der Waals surface area (Å²) in [6.45, 7) is 4.19. The number of amides is 2. The number of aryl methyl sites for hydroxylation is 1. The number of nitrogens with one attached hydrogen (secondary N) is 3. The number of aromatic nitrogens is 1. The lowest BCUT2D eigenvalue weighted by Gasteiger charge is -2.24. The van der Waals surface area contributed by atoms with Gasteiger partial charge in [0.1, 0.15) is 10.6 Å². The molecule has 2 amide bonds. The van der Waals surface area contributed by atoms with Gasteiger partial charge in [-0.1, -0.05) is 6.07 Å². The Bertz CT molecular complexity index is 995. The van der Waals surface area contributed by atoms with E-state index in [9.17, 15) is 18.0 Å². The molecule has 1 aliphatic rings. The third-order valence-electron chi connectivity index (χ3n) is 4.32. The van der Waals surface area contributed by atoms with Gasteiger partial charge in [-0.15, -0.1) is 0 Å². The summed E-state index contributed by atoms with van der Waals surface area (Å²) in [6.07, 6.45) is 1.34. The van der Waals surface area contributed by atoms with Crippen molar-refractivity contribution in [3.63, 3.8) is 0 Å². The Morgan fingerprint density at radius 3 is 2.54 bits per heavy atom. The maximum Gasteiger partial charge on any atom is 0.272 e. The molecule has 28 heavy (non-hydrogen) atoms. The second-order valence-corrected chi connectivity index (χ2v) is 9.59. The molecule has 0 unspecified atom stereocenters. The smallest absolute Gasteiger partial charge is 0.272 e. The maximum atomic E-state index is 12.7. The predicted molar refractivity (Wildman–Crippen MR) is 110 cm³/mol. The average molecular weight is 423 g/mol. The Morgan fingerprint density at radius 1 is 1.14 bits per heavy atom. The predicted octanol–water partition coefficient (Wildman–Crippen LogP) is 2.27. The lowest BCUT2D eigenvalue weighted by molar-refractivity contribution is -0.114. The van der Waals surface area contributed by atoms with E-state index in [2.05, 4.69) is 15.6 Å². The lowest BCUT2D eigenvalue weighted by atomic mass is 10.1. The number of aromatic amines is 1. The molecule has 2 heterocycles. The summed E-state index contributed by atoms with van der Waals surface area (Å²) in [5, 5.41) is 5.41. The molecule has 3 rings (SSSR count). The SMILES string of the molecule is CC(=O)Nc1cc(NC(=O)c2cc(S(=O)(=O)N3CCSCC3)c[nH]2)ccc1C. The number of H-pyrrole nitrogens is 1. The number of sulfonamides is 1. The number of nitrogens with zero attached hydrogens (tertiary/aromatic N) is 1. The molecule has 8 nitrogen and oxygen atoms in total. The normalized spacial score (nSPS) is 15.2. The summed E-state index contributed by atoms with van der Waals surface area (Å²) in [5.41, 5.74) is 2.10. The van der Waals surface area contributed by atoms with E-state index in [-0.39, 0.29) is 16.5 Å². The van der Waals surface area contributed by atoms with Gasteiger partial charge >= 0.3 is 0 Å². The second kappa shape index (κ2) is 8.38. The minimum Gasteiger partial charge on any atom is -0.356 e. The van der Waals surface area contributed by atoms with E-state index >= 15 is 0 Å². The molecule has 10 heteroatoms. The largest absolute Gasteiger partial charge is 0.356 e. The third-order valence-corrected chi connectivity index (χ3v) is 7.13. The van der Waals surface area contributed by atoms with Gasteiger partial charge in [-0.2, -0.15) is 16.1 Å². The van der Waals surface area contributed by atoms with Crippen LogP contribution in [-0.2, 0) is 14.8 Å². The van der Waals surface area contributed by atoms with Crippen molar-refractivity contribution in [2.45, 2.75) is 18.7 Å². The van der Waals surface area contributed by atoms with E-state index in [4.69, 9.17) is 0 Å². The molecular weight excluding hydrogens is 400 g/mol. The highest BCUT2D eigenvalue weighted by atomic mass is 32.2. The van der Waals surface area contributed by atoms with Crippen LogP contribution in [0.4, 0.5) is 11.4 Å². The van der Waals surface area contributed by atoms with Crippen LogP contribution in [0.15, 0.2) is 35.4 Å². The molecule has 1 aromatic carbocycles. The molecule has 1 saturated heterocycles. The highest BCUT2D eigenvalue weighted by Gasteiger charge is 2.27. The third kappa shape index (κ3) is 4.57. The van der Waals surface area contributed by atoms with Crippen molar-refractivity contribution < 1.29 is 18.0 Å². The first kappa shape index (κ1) is 20.4. The van der Waals surface area contributed by atoms with Crippen LogP contribution in [0.2, 0.25) is 0 Å². The molecule has 2 aromatic rings.